The van der Waals surface area contributed by atoms with Gasteiger partial charge in [-0.15, -0.1) is 0 Å². The third-order valence-electron chi connectivity index (χ3n) is 2.62. The topological polar surface area (TPSA) is 62.2 Å². The highest BCUT2D eigenvalue weighted by Gasteiger charge is 2.15. The van der Waals surface area contributed by atoms with E-state index in [0.29, 0.717) is 16.2 Å². The van der Waals surface area contributed by atoms with Gasteiger partial charge in [0.25, 0.3) is 0 Å². The molecule has 2 aromatic rings. The summed E-state index contributed by atoms with van der Waals surface area (Å²) in [5.74, 6) is -3.45. The van der Waals surface area contributed by atoms with E-state index in [1.165, 1.54) is 0 Å². The van der Waals surface area contributed by atoms with Crippen LogP contribution in [0.25, 0.3) is 0 Å². The summed E-state index contributed by atoms with van der Waals surface area (Å²) in [6.07, 6.45) is 1.57. The second-order valence-electron chi connectivity index (χ2n) is 4.05. The fourth-order valence-corrected chi connectivity index (χ4v) is 2.73. The van der Waals surface area contributed by atoms with E-state index >= 15 is 0 Å². The molecule has 0 saturated carbocycles. The fourth-order valence-electron chi connectivity index (χ4n) is 1.60. The van der Waals surface area contributed by atoms with Gasteiger partial charge in [0.15, 0.2) is 0 Å². The number of hydrogen-bond donors (Lipinski definition) is 2. The Balaban J connectivity index is 2.23. The molecule has 1 heterocycles. The lowest BCUT2D eigenvalue weighted by Gasteiger charge is -2.10. The molecule has 8 heteroatoms. The molecule has 110 valence electrons. The van der Waals surface area contributed by atoms with E-state index in [2.05, 4.69) is 42.2 Å². The van der Waals surface area contributed by atoms with Crippen molar-refractivity contribution in [3.63, 3.8) is 0 Å². The number of nitrogens with zero attached hydrogens (tertiary/aromatic N) is 1. The maximum absolute atomic E-state index is 13.6. The summed E-state index contributed by atoms with van der Waals surface area (Å²) in [5.41, 5.74) is -0.106. The minimum absolute atomic E-state index is 0.106. The van der Waals surface area contributed by atoms with Gasteiger partial charge in [-0.1, -0.05) is 0 Å². The molecule has 2 rings (SSSR count). The van der Waals surface area contributed by atoms with Crippen molar-refractivity contribution in [2.24, 2.45) is 0 Å². The first kappa shape index (κ1) is 15.8. The molecule has 0 spiro atoms. The van der Waals surface area contributed by atoms with E-state index in [9.17, 15) is 13.6 Å². The number of aromatic nitrogens is 1. The van der Waals surface area contributed by atoms with Gasteiger partial charge in [-0.2, -0.15) is 0 Å². The number of hydrogen-bond acceptors (Lipinski definition) is 3. The number of carboxylic acids is 1. The van der Waals surface area contributed by atoms with Gasteiger partial charge in [-0.25, -0.2) is 13.6 Å². The molecule has 0 aliphatic carbocycles. The molecule has 0 atom stereocenters. The van der Waals surface area contributed by atoms with Crippen molar-refractivity contribution in [1.82, 2.24) is 4.98 Å². The Morgan fingerprint density at radius 2 is 1.95 bits per heavy atom. The minimum Gasteiger partial charge on any atom is -0.478 e. The average molecular weight is 422 g/mol. The predicted octanol–water partition coefficient (Wildman–Crippen LogP) is 4.20. The molecule has 0 radical (unpaired) electrons. The van der Waals surface area contributed by atoms with Crippen LogP contribution < -0.4 is 5.32 Å². The molecule has 21 heavy (non-hydrogen) atoms. The Morgan fingerprint density at radius 1 is 1.24 bits per heavy atom. The van der Waals surface area contributed by atoms with Crippen molar-refractivity contribution >= 4 is 43.5 Å². The van der Waals surface area contributed by atoms with E-state index in [0.717, 1.165) is 10.5 Å². The first-order chi connectivity index (χ1) is 9.88. The molecule has 4 nitrogen and oxygen atoms in total. The number of nitrogens with one attached hydrogen (secondary N) is 1. The molecule has 0 aliphatic rings. The highest BCUT2D eigenvalue weighted by molar-refractivity contribution is 9.11. The van der Waals surface area contributed by atoms with Crippen LogP contribution in [0.2, 0.25) is 0 Å². The summed E-state index contributed by atoms with van der Waals surface area (Å²) >= 11 is 6.57. The van der Waals surface area contributed by atoms with E-state index < -0.39 is 23.2 Å². The van der Waals surface area contributed by atoms with E-state index in [-0.39, 0.29) is 12.2 Å². The van der Waals surface area contributed by atoms with E-state index in [1.54, 1.807) is 12.3 Å². The summed E-state index contributed by atoms with van der Waals surface area (Å²) in [6.45, 7) is 0.148. The molecule has 1 aromatic heterocycles. The molecule has 1 aromatic carbocycles. The lowest BCUT2D eigenvalue weighted by Crippen LogP contribution is -2.08. The zero-order valence-corrected chi connectivity index (χ0v) is 13.5. The van der Waals surface area contributed by atoms with Gasteiger partial charge in [0.05, 0.1) is 23.5 Å². The molecule has 0 unspecified atom stereocenters. The summed E-state index contributed by atoms with van der Waals surface area (Å²) in [6, 6.07) is 3.23. The van der Waals surface area contributed by atoms with Crippen LogP contribution in [0.3, 0.4) is 0 Å². The summed E-state index contributed by atoms with van der Waals surface area (Å²) in [5, 5.41) is 11.5. The van der Waals surface area contributed by atoms with Gasteiger partial charge in [-0.05, 0) is 44.0 Å². The van der Waals surface area contributed by atoms with Crippen molar-refractivity contribution in [3.8, 4) is 0 Å². The van der Waals surface area contributed by atoms with Crippen LogP contribution in [0.4, 0.5) is 14.5 Å². The Hall–Kier alpha value is -1.54. The van der Waals surface area contributed by atoms with E-state index in [1.807, 2.05) is 0 Å². The van der Waals surface area contributed by atoms with Gasteiger partial charge in [0.1, 0.15) is 11.6 Å². The zero-order chi connectivity index (χ0) is 15.6. The van der Waals surface area contributed by atoms with Crippen molar-refractivity contribution in [1.29, 1.82) is 0 Å². The third-order valence-corrected chi connectivity index (χ3v) is 3.74. The first-order valence-electron chi connectivity index (χ1n) is 5.64. The number of benzene rings is 1. The first-order valence-corrected chi connectivity index (χ1v) is 7.23. The van der Waals surface area contributed by atoms with Gasteiger partial charge < -0.3 is 10.4 Å². The number of anilines is 1. The van der Waals surface area contributed by atoms with Crippen molar-refractivity contribution < 1.29 is 18.7 Å². The SMILES string of the molecule is O=C(O)c1cc(NCc2ncc(Br)cc2Br)c(F)cc1F. The van der Waals surface area contributed by atoms with Crippen LogP contribution in [0.15, 0.2) is 33.3 Å². The van der Waals surface area contributed by atoms with Gasteiger partial charge >= 0.3 is 5.97 Å². The number of halogens is 4. The lowest BCUT2D eigenvalue weighted by molar-refractivity contribution is 0.0692. The van der Waals surface area contributed by atoms with Crippen LogP contribution >= 0.6 is 31.9 Å². The second-order valence-corrected chi connectivity index (χ2v) is 5.82. The average Bonchev–Trinajstić information content (AvgIpc) is 2.39. The summed E-state index contributed by atoms with van der Waals surface area (Å²) < 4.78 is 28.4. The Morgan fingerprint density at radius 3 is 2.57 bits per heavy atom. The molecular weight excluding hydrogens is 414 g/mol. The van der Waals surface area contributed by atoms with Crippen LogP contribution in [0.1, 0.15) is 16.1 Å². The fraction of sp³-hybridized carbons (Fsp3) is 0.0769. The maximum atomic E-state index is 13.6. The molecule has 0 bridgehead atoms. The Labute approximate surface area is 135 Å². The van der Waals surface area contributed by atoms with E-state index in [4.69, 9.17) is 5.11 Å². The molecular formula is C13H8Br2F2N2O2. The zero-order valence-electron chi connectivity index (χ0n) is 10.3. The van der Waals surface area contributed by atoms with Gasteiger partial charge in [0.2, 0.25) is 0 Å². The standard InChI is InChI=1S/C13H8Br2F2N2O2/c14-6-1-8(15)12(18-4-6)5-19-11-2-7(13(20)21)9(16)3-10(11)17/h1-4,19H,5H2,(H,20,21). The van der Waals surface area contributed by atoms with Crippen molar-refractivity contribution in [2.75, 3.05) is 5.32 Å². The van der Waals surface area contributed by atoms with Crippen LogP contribution in [-0.4, -0.2) is 16.1 Å². The molecule has 0 aliphatic heterocycles. The van der Waals surface area contributed by atoms with Gasteiger partial charge in [-0.3, -0.25) is 4.98 Å². The van der Waals surface area contributed by atoms with Crippen molar-refractivity contribution in [2.45, 2.75) is 6.54 Å². The number of carboxylic acid groups (broad SMARTS) is 1. The Kier molecular flexibility index (Phi) is 4.89. The maximum Gasteiger partial charge on any atom is 0.338 e. The number of pyridine rings is 1. The molecule has 0 amide bonds. The number of carbonyl (C=O) groups is 1. The highest BCUT2D eigenvalue weighted by atomic mass is 79.9. The monoisotopic (exact) mass is 420 g/mol. The largest absolute Gasteiger partial charge is 0.478 e. The predicted molar refractivity (Wildman–Crippen MR) is 80.3 cm³/mol. The quantitative estimate of drug-likeness (QED) is 0.776. The highest BCUT2D eigenvalue weighted by Crippen LogP contribution is 2.23. The van der Waals surface area contributed by atoms with Crippen LogP contribution in [0.5, 0.6) is 0 Å². The molecule has 0 saturated heterocycles. The Bertz CT molecular complexity index is 711. The van der Waals surface area contributed by atoms with Crippen LogP contribution in [-0.2, 0) is 6.54 Å². The minimum atomic E-state index is -1.46. The normalized spacial score (nSPS) is 10.5. The second kappa shape index (κ2) is 6.48. The number of aromatic carboxylic acids is 1. The summed E-state index contributed by atoms with van der Waals surface area (Å²) in [7, 11) is 0. The third kappa shape index (κ3) is 3.76. The lowest BCUT2D eigenvalue weighted by atomic mass is 10.1. The van der Waals surface area contributed by atoms with Crippen molar-refractivity contribution in [3.05, 3.63) is 56.2 Å². The van der Waals surface area contributed by atoms with Crippen LogP contribution in [0, 0.1) is 11.6 Å². The van der Waals surface area contributed by atoms with Gasteiger partial charge in [0, 0.05) is 21.2 Å². The molecule has 0 fully saturated rings. The number of rotatable bonds is 4. The molecule has 2 N–H and O–H groups in total. The summed E-state index contributed by atoms with van der Waals surface area (Å²) in [4.78, 5) is 15.0. The smallest absolute Gasteiger partial charge is 0.338 e.